The summed E-state index contributed by atoms with van der Waals surface area (Å²) in [6.07, 6.45) is 5.03. The molecule has 2 atom stereocenters. The zero-order chi connectivity index (χ0) is 9.80. The molecule has 3 nitrogen and oxygen atoms in total. The van der Waals surface area contributed by atoms with Crippen molar-refractivity contribution in [1.82, 2.24) is 5.43 Å². The standard InChI is InChI=1S/C10H20N2OS/c11-12-10(9-2-1-7-14-9)8-3-5-13-6-4-8/h8-10,12H,1-7,11H2. The van der Waals surface area contributed by atoms with Crippen LogP contribution in [0.25, 0.3) is 0 Å². The molecule has 2 aliphatic rings. The molecule has 0 aromatic carbocycles. The van der Waals surface area contributed by atoms with Crippen LogP contribution in [-0.2, 0) is 4.74 Å². The highest BCUT2D eigenvalue weighted by Gasteiger charge is 2.32. The molecule has 0 aliphatic carbocycles. The van der Waals surface area contributed by atoms with E-state index in [2.05, 4.69) is 17.2 Å². The van der Waals surface area contributed by atoms with E-state index in [9.17, 15) is 0 Å². The molecule has 3 N–H and O–H groups in total. The van der Waals surface area contributed by atoms with E-state index in [0.29, 0.717) is 6.04 Å². The van der Waals surface area contributed by atoms with Crippen molar-refractivity contribution in [3.05, 3.63) is 0 Å². The van der Waals surface area contributed by atoms with E-state index in [1.807, 2.05) is 0 Å². The van der Waals surface area contributed by atoms with Gasteiger partial charge in [-0.2, -0.15) is 11.8 Å². The van der Waals surface area contributed by atoms with E-state index in [-0.39, 0.29) is 0 Å². The average molecular weight is 216 g/mol. The van der Waals surface area contributed by atoms with E-state index in [1.165, 1.54) is 31.4 Å². The summed E-state index contributed by atoms with van der Waals surface area (Å²) in [6, 6.07) is 0.506. The SMILES string of the molecule is NNC(C1CCOCC1)C1CCCS1. The minimum Gasteiger partial charge on any atom is -0.381 e. The van der Waals surface area contributed by atoms with Crippen LogP contribution in [0.15, 0.2) is 0 Å². The van der Waals surface area contributed by atoms with E-state index in [1.54, 1.807) is 0 Å². The Morgan fingerprint density at radius 3 is 2.64 bits per heavy atom. The maximum Gasteiger partial charge on any atom is 0.0469 e. The summed E-state index contributed by atoms with van der Waals surface area (Å²) in [5, 5.41) is 0.739. The van der Waals surface area contributed by atoms with Crippen LogP contribution in [-0.4, -0.2) is 30.3 Å². The van der Waals surface area contributed by atoms with Gasteiger partial charge in [0.25, 0.3) is 0 Å². The summed E-state index contributed by atoms with van der Waals surface area (Å²) < 4.78 is 5.38. The maximum absolute atomic E-state index is 5.68. The number of hydrogen-bond donors (Lipinski definition) is 2. The van der Waals surface area contributed by atoms with E-state index < -0.39 is 0 Å². The molecule has 2 fully saturated rings. The molecule has 2 rings (SSSR count). The lowest BCUT2D eigenvalue weighted by molar-refractivity contribution is 0.0534. The fourth-order valence-corrected chi connectivity index (χ4v) is 3.99. The van der Waals surface area contributed by atoms with Crippen LogP contribution in [0.1, 0.15) is 25.7 Å². The molecule has 0 saturated carbocycles. The van der Waals surface area contributed by atoms with Crippen LogP contribution < -0.4 is 11.3 Å². The highest BCUT2D eigenvalue weighted by atomic mass is 32.2. The first-order valence-electron chi connectivity index (χ1n) is 5.57. The lowest BCUT2D eigenvalue weighted by Crippen LogP contribution is -2.48. The predicted molar refractivity (Wildman–Crippen MR) is 60.1 cm³/mol. The molecule has 0 bridgehead atoms. The number of ether oxygens (including phenoxy) is 1. The molecule has 0 amide bonds. The summed E-state index contributed by atoms with van der Waals surface area (Å²) in [6.45, 7) is 1.83. The predicted octanol–water partition coefficient (Wildman–Crippen LogP) is 1.14. The van der Waals surface area contributed by atoms with Crippen molar-refractivity contribution >= 4 is 11.8 Å². The number of thioether (sulfide) groups is 1. The molecule has 2 saturated heterocycles. The molecule has 0 spiro atoms. The Bertz CT molecular complexity index is 168. The van der Waals surface area contributed by atoms with Gasteiger partial charge in [0.2, 0.25) is 0 Å². The van der Waals surface area contributed by atoms with Crippen LogP contribution in [0.5, 0.6) is 0 Å². The molecule has 2 unspecified atom stereocenters. The van der Waals surface area contributed by atoms with Gasteiger partial charge in [-0.15, -0.1) is 0 Å². The Hall–Kier alpha value is 0.230. The van der Waals surface area contributed by atoms with E-state index >= 15 is 0 Å². The Morgan fingerprint density at radius 1 is 1.29 bits per heavy atom. The van der Waals surface area contributed by atoms with Gasteiger partial charge in [0, 0.05) is 24.5 Å². The van der Waals surface area contributed by atoms with Gasteiger partial charge < -0.3 is 4.74 Å². The highest BCUT2D eigenvalue weighted by Crippen LogP contribution is 2.34. The molecule has 2 aliphatic heterocycles. The Labute approximate surface area is 90.1 Å². The minimum atomic E-state index is 0.506. The molecule has 0 aromatic rings. The molecule has 14 heavy (non-hydrogen) atoms. The van der Waals surface area contributed by atoms with Crippen molar-refractivity contribution in [2.24, 2.45) is 11.8 Å². The summed E-state index contributed by atoms with van der Waals surface area (Å²) >= 11 is 2.09. The van der Waals surface area contributed by atoms with Crippen molar-refractivity contribution in [3.63, 3.8) is 0 Å². The van der Waals surface area contributed by atoms with Crippen molar-refractivity contribution in [2.45, 2.75) is 37.0 Å². The molecular formula is C10H20N2OS. The quantitative estimate of drug-likeness (QED) is 0.548. The Morgan fingerprint density at radius 2 is 2.07 bits per heavy atom. The first kappa shape index (κ1) is 10.7. The van der Waals surface area contributed by atoms with Gasteiger partial charge in [-0.05, 0) is 37.4 Å². The normalized spacial score (nSPS) is 31.9. The summed E-state index contributed by atoms with van der Waals surface area (Å²) in [5.74, 6) is 7.72. The Kier molecular flexibility index (Phi) is 4.10. The number of rotatable bonds is 3. The zero-order valence-corrected chi connectivity index (χ0v) is 9.39. The van der Waals surface area contributed by atoms with Gasteiger partial charge in [-0.3, -0.25) is 11.3 Å². The maximum atomic E-state index is 5.68. The fourth-order valence-electron chi connectivity index (χ4n) is 2.51. The third kappa shape index (κ3) is 2.42. The van der Waals surface area contributed by atoms with Crippen LogP contribution in [0.4, 0.5) is 0 Å². The molecule has 2 heterocycles. The van der Waals surface area contributed by atoms with Gasteiger partial charge in [0.15, 0.2) is 0 Å². The van der Waals surface area contributed by atoms with Crippen molar-refractivity contribution in [1.29, 1.82) is 0 Å². The van der Waals surface area contributed by atoms with Crippen molar-refractivity contribution < 1.29 is 4.74 Å². The van der Waals surface area contributed by atoms with E-state index in [0.717, 1.165) is 24.4 Å². The van der Waals surface area contributed by atoms with Gasteiger partial charge in [-0.1, -0.05) is 0 Å². The summed E-state index contributed by atoms with van der Waals surface area (Å²) in [4.78, 5) is 0. The topological polar surface area (TPSA) is 47.3 Å². The molecule has 4 heteroatoms. The molecular weight excluding hydrogens is 196 g/mol. The zero-order valence-electron chi connectivity index (χ0n) is 8.58. The lowest BCUT2D eigenvalue weighted by atomic mass is 9.89. The number of nitrogens with one attached hydrogen (secondary N) is 1. The second-order valence-corrected chi connectivity index (χ2v) is 5.54. The van der Waals surface area contributed by atoms with Crippen molar-refractivity contribution in [3.8, 4) is 0 Å². The molecule has 0 radical (unpaired) electrons. The van der Waals surface area contributed by atoms with Crippen molar-refractivity contribution in [2.75, 3.05) is 19.0 Å². The minimum absolute atomic E-state index is 0.506. The summed E-state index contributed by atoms with van der Waals surface area (Å²) in [7, 11) is 0. The lowest BCUT2D eigenvalue weighted by Gasteiger charge is -2.33. The van der Waals surface area contributed by atoms with Gasteiger partial charge in [0.05, 0.1) is 0 Å². The van der Waals surface area contributed by atoms with Gasteiger partial charge >= 0.3 is 0 Å². The fraction of sp³-hybridized carbons (Fsp3) is 1.00. The van der Waals surface area contributed by atoms with E-state index in [4.69, 9.17) is 10.6 Å². The van der Waals surface area contributed by atoms with Crippen LogP contribution >= 0.6 is 11.8 Å². The first-order valence-corrected chi connectivity index (χ1v) is 6.62. The van der Waals surface area contributed by atoms with Crippen LogP contribution in [0.3, 0.4) is 0 Å². The largest absolute Gasteiger partial charge is 0.381 e. The smallest absolute Gasteiger partial charge is 0.0469 e. The second-order valence-electron chi connectivity index (χ2n) is 4.19. The third-order valence-corrected chi connectivity index (χ3v) is 4.81. The first-order chi connectivity index (χ1) is 6.92. The molecule has 0 aromatic heterocycles. The number of hydrogen-bond acceptors (Lipinski definition) is 4. The van der Waals surface area contributed by atoms with Gasteiger partial charge in [0.1, 0.15) is 0 Å². The summed E-state index contributed by atoms with van der Waals surface area (Å²) in [5.41, 5.74) is 3.04. The van der Waals surface area contributed by atoms with Crippen LogP contribution in [0.2, 0.25) is 0 Å². The number of nitrogens with two attached hydrogens (primary N) is 1. The second kappa shape index (κ2) is 5.35. The van der Waals surface area contributed by atoms with Crippen LogP contribution in [0, 0.1) is 5.92 Å². The average Bonchev–Trinajstić information content (AvgIpc) is 2.74. The number of hydrazine groups is 1. The highest BCUT2D eigenvalue weighted by molar-refractivity contribution is 8.00. The monoisotopic (exact) mass is 216 g/mol. The third-order valence-electron chi connectivity index (χ3n) is 3.33. The molecule has 82 valence electrons. The Balaban J connectivity index is 1.89. The van der Waals surface area contributed by atoms with Gasteiger partial charge in [-0.25, -0.2) is 0 Å².